The van der Waals surface area contributed by atoms with Crippen molar-refractivity contribution in [3.8, 4) is 5.75 Å². The third-order valence-corrected chi connectivity index (χ3v) is 4.25. The van der Waals surface area contributed by atoms with Crippen LogP contribution in [0.3, 0.4) is 0 Å². The molecule has 0 saturated heterocycles. The predicted molar refractivity (Wildman–Crippen MR) is 111 cm³/mol. The Hall–Kier alpha value is -3.60. The molecule has 2 amide bonds. The van der Waals surface area contributed by atoms with Gasteiger partial charge in [0.25, 0.3) is 5.91 Å². The van der Waals surface area contributed by atoms with Gasteiger partial charge in [0.15, 0.2) is 0 Å². The third kappa shape index (κ3) is 5.20. The number of carbonyl (C=O) groups is 2. The number of methoxy groups -OCH3 is 1. The number of ether oxygens (including phenoxy) is 1. The molecule has 2 N–H and O–H groups in total. The number of rotatable bonds is 7. The van der Waals surface area contributed by atoms with E-state index in [-0.39, 0.29) is 11.8 Å². The molecule has 0 radical (unpaired) electrons. The molecule has 5 heteroatoms. The fourth-order valence-electron chi connectivity index (χ4n) is 2.79. The molecule has 0 heterocycles. The van der Waals surface area contributed by atoms with Crippen molar-refractivity contribution in [2.75, 3.05) is 17.7 Å². The van der Waals surface area contributed by atoms with Crippen molar-refractivity contribution in [1.29, 1.82) is 0 Å². The average Bonchev–Trinajstić information content (AvgIpc) is 2.74. The standard InChI is InChI=1S/C23H22N2O3/c1-28-21-14-13-19(24-22(26)15-12-17-8-4-2-5-9-17)16-20(21)25-23(27)18-10-6-3-7-11-18/h2-11,13-14,16H,12,15H2,1H3,(H,24,26)(H,25,27). The molecule has 5 nitrogen and oxygen atoms in total. The Morgan fingerprint density at radius 2 is 1.54 bits per heavy atom. The normalized spacial score (nSPS) is 10.2. The number of nitrogens with one attached hydrogen (secondary N) is 2. The van der Waals surface area contributed by atoms with Crippen LogP contribution in [0.15, 0.2) is 78.9 Å². The molecule has 3 aromatic carbocycles. The van der Waals surface area contributed by atoms with Crippen LogP contribution in [0.1, 0.15) is 22.3 Å². The van der Waals surface area contributed by atoms with Crippen LogP contribution in [-0.2, 0) is 11.2 Å². The Morgan fingerprint density at radius 1 is 0.857 bits per heavy atom. The maximum absolute atomic E-state index is 12.4. The first-order chi connectivity index (χ1) is 13.7. The number of hydrogen-bond acceptors (Lipinski definition) is 3. The van der Waals surface area contributed by atoms with E-state index in [9.17, 15) is 9.59 Å². The van der Waals surface area contributed by atoms with Crippen LogP contribution in [0.5, 0.6) is 5.75 Å². The molecule has 0 unspecified atom stereocenters. The first kappa shape index (κ1) is 19.2. The van der Waals surface area contributed by atoms with Gasteiger partial charge in [-0.05, 0) is 42.3 Å². The van der Waals surface area contributed by atoms with Gasteiger partial charge in [0.05, 0.1) is 12.8 Å². The lowest BCUT2D eigenvalue weighted by Crippen LogP contribution is -2.15. The van der Waals surface area contributed by atoms with E-state index < -0.39 is 0 Å². The summed E-state index contributed by atoms with van der Waals surface area (Å²) in [6.07, 6.45) is 1.04. The molecule has 0 bridgehead atoms. The van der Waals surface area contributed by atoms with Gasteiger partial charge in [-0.3, -0.25) is 9.59 Å². The van der Waals surface area contributed by atoms with Crippen molar-refractivity contribution in [2.24, 2.45) is 0 Å². The minimum atomic E-state index is -0.244. The van der Waals surface area contributed by atoms with Crippen LogP contribution >= 0.6 is 0 Å². The summed E-state index contributed by atoms with van der Waals surface area (Å²) in [7, 11) is 1.53. The summed E-state index contributed by atoms with van der Waals surface area (Å²) in [5.74, 6) is 0.187. The molecule has 0 aliphatic rings. The smallest absolute Gasteiger partial charge is 0.255 e. The highest BCUT2D eigenvalue weighted by Gasteiger charge is 2.11. The van der Waals surface area contributed by atoms with Gasteiger partial charge in [-0.1, -0.05) is 48.5 Å². The highest BCUT2D eigenvalue weighted by Crippen LogP contribution is 2.28. The molecular formula is C23H22N2O3. The fraction of sp³-hybridized carbons (Fsp3) is 0.130. The minimum absolute atomic E-state index is 0.0886. The zero-order valence-corrected chi connectivity index (χ0v) is 15.6. The van der Waals surface area contributed by atoms with Crippen LogP contribution in [0.2, 0.25) is 0 Å². The fourth-order valence-corrected chi connectivity index (χ4v) is 2.79. The van der Waals surface area contributed by atoms with Gasteiger partial charge in [0, 0.05) is 17.7 Å². The third-order valence-electron chi connectivity index (χ3n) is 4.25. The topological polar surface area (TPSA) is 67.4 Å². The Labute approximate surface area is 164 Å². The van der Waals surface area contributed by atoms with Gasteiger partial charge >= 0.3 is 0 Å². The maximum Gasteiger partial charge on any atom is 0.255 e. The average molecular weight is 374 g/mol. The SMILES string of the molecule is COc1ccc(NC(=O)CCc2ccccc2)cc1NC(=O)c1ccccc1. The predicted octanol–water partition coefficient (Wildman–Crippen LogP) is 4.52. The maximum atomic E-state index is 12.4. The largest absolute Gasteiger partial charge is 0.495 e. The van der Waals surface area contributed by atoms with Crippen LogP contribution in [0, 0.1) is 0 Å². The van der Waals surface area contributed by atoms with E-state index >= 15 is 0 Å². The van der Waals surface area contributed by atoms with Gasteiger partial charge in [-0.25, -0.2) is 0 Å². The monoisotopic (exact) mass is 374 g/mol. The lowest BCUT2D eigenvalue weighted by molar-refractivity contribution is -0.116. The van der Waals surface area contributed by atoms with Crippen LogP contribution in [0.4, 0.5) is 11.4 Å². The van der Waals surface area contributed by atoms with E-state index in [1.54, 1.807) is 42.5 Å². The molecule has 0 aliphatic heterocycles. The molecule has 0 atom stereocenters. The Bertz CT molecular complexity index is 941. The summed E-state index contributed by atoms with van der Waals surface area (Å²) in [6.45, 7) is 0. The highest BCUT2D eigenvalue weighted by molar-refractivity contribution is 6.05. The second kappa shape index (κ2) is 9.37. The van der Waals surface area contributed by atoms with Crippen molar-refractivity contribution in [1.82, 2.24) is 0 Å². The van der Waals surface area contributed by atoms with E-state index in [0.717, 1.165) is 5.56 Å². The summed E-state index contributed by atoms with van der Waals surface area (Å²) in [6, 6.07) is 23.9. The lowest BCUT2D eigenvalue weighted by atomic mass is 10.1. The number of benzene rings is 3. The van der Waals surface area contributed by atoms with Crippen molar-refractivity contribution < 1.29 is 14.3 Å². The molecule has 142 valence electrons. The summed E-state index contributed by atoms with van der Waals surface area (Å²) < 4.78 is 5.32. The van der Waals surface area contributed by atoms with Gasteiger partial charge in [-0.15, -0.1) is 0 Å². The molecule has 28 heavy (non-hydrogen) atoms. The summed E-state index contributed by atoms with van der Waals surface area (Å²) in [5, 5.41) is 5.71. The summed E-state index contributed by atoms with van der Waals surface area (Å²) >= 11 is 0. The highest BCUT2D eigenvalue weighted by atomic mass is 16.5. The van der Waals surface area contributed by atoms with Gasteiger partial charge in [-0.2, -0.15) is 0 Å². The van der Waals surface area contributed by atoms with E-state index in [0.29, 0.717) is 35.5 Å². The number of hydrogen-bond donors (Lipinski definition) is 2. The minimum Gasteiger partial charge on any atom is -0.495 e. The van der Waals surface area contributed by atoms with E-state index in [4.69, 9.17) is 4.74 Å². The van der Waals surface area contributed by atoms with E-state index in [2.05, 4.69) is 10.6 Å². The van der Waals surface area contributed by atoms with Crippen molar-refractivity contribution in [3.63, 3.8) is 0 Å². The molecule has 3 aromatic rings. The van der Waals surface area contributed by atoms with Crippen molar-refractivity contribution >= 4 is 23.2 Å². The molecule has 0 aromatic heterocycles. The van der Waals surface area contributed by atoms with Crippen LogP contribution < -0.4 is 15.4 Å². The first-order valence-electron chi connectivity index (χ1n) is 9.04. The lowest BCUT2D eigenvalue weighted by Gasteiger charge is -2.13. The molecule has 0 fully saturated rings. The summed E-state index contributed by atoms with van der Waals surface area (Å²) in [5.41, 5.74) is 2.75. The summed E-state index contributed by atoms with van der Waals surface area (Å²) in [4.78, 5) is 24.7. The molecule has 0 saturated carbocycles. The molecule has 0 aliphatic carbocycles. The number of anilines is 2. The first-order valence-corrected chi connectivity index (χ1v) is 9.04. The van der Waals surface area contributed by atoms with Crippen LogP contribution in [-0.4, -0.2) is 18.9 Å². The Kier molecular flexibility index (Phi) is 6.41. The van der Waals surface area contributed by atoms with Gasteiger partial charge in [0.2, 0.25) is 5.91 Å². The van der Waals surface area contributed by atoms with Crippen LogP contribution in [0.25, 0.3) is 0 Å². The van der Waals surface area contributed by atoms with Crippen molar-refractivity contribution in [2.45, 2.75) is 12.8 Å². The number of amides is 2. The quantitative estimate of drug-likeness (QED) is 0.639. The van der Waals surface area contributed by atoms with Crippen molar-refractivity contribution in [3.05, 3.63) is 90.0 Å². The molecule has 0 spiro atoms. The zero-order chi connectivity index (χ0) is 19.8. The van der Waals surface area contributed by atoms with Gasteiger partial charge in [0.1, 0.15) is 5.75 Å². The Balaban J connectivity index is 1.66. The second-order valence-electron chi connectivity index (χ2n) is 6.27. The number of carbonyl (C=O) groups excluding carboxylic acids is 2. The van der Waals surface area contributed by atoms with Gasteiger partial charge < -0.3 is 15.4 Å². The Morgan fingerprint density at radius 3 is 2.21 bits per heavy atom. The zero-order valence-electron chi connectivity index (χ0n) is 15.6. The molecule has 3 rings (SSSR count). The molecular weight excluding hydrogens is 352 g/mol. The second-order valence-corrected chi connectivity index (χ2v) is 6.27. The number of aryl methyl sites for hydroxylation is 1. The van der Waals surface area contributed by atoms with E-state index in [1.165, 1.54) is 7.11 Å². The van der Waals surface area contributed by atoms with E-state index in [1.807, 2.05) is 36.4 Å².